The summed E-state index contributed by atoms with van der Waals surface area (Å²) in [5.41, 5.74) is 2.57. The molecule has 0 amide bonds. The van der Waals surface area contributed by atoms with E-state index in [9.17, 15) is 4.79 Å². The van der Waals surface area contributed by atoms with Crippen molar-refractivity contribution in [2.45, 2.75) is 40.2 Å². The number of aliphatic hydroxyl groups is 1. The van der Waals surface area contributed by atoms with Crippen molar-refractivity contribution >= 4 is 12.0 Å². The van der Waals surface area contributed by atoms with Gasteiger partial charge in [0.05, 0.1) is 13.7 Å². The summed E-state index contributed by atoms with van der Waals surface area (Å²) < 4.78 is 4.27. The summed E-state index contributed by atoms with van der Waals surface area (Å²) in [5, 5.41) is 8.54. The second-order valence-electron chi connectivity index (χ2n) is 5.53. The first kappa shape index (κ1) is 26.6. The average molecular weight is 371 g/mol. The number of carbonyl (C=O) groups excluding carboxylic acids is 1. The maximum atomic E-state index is 10.2. The summed E-state index contributed by atoms with van der Waals surface area (Å²) in [6, 6.07) is 19.6. The molecule has 2 aromatic carbocycles. The van der Waals surface area contributed by atoms with Gasteiger partial charge in [-0.3, -0.25) is 0 Å². The molecule has 0 fully saturated rings. The third kappa shape index (κ3) is 18.0. The maximum Gasteiger partial charge on any atom is 0.332 e. The highest BCUT2D eigenvalue weighted by Gasteiger charge is 1.95. The molecule has 3 heteroatoms. The minimum Gasteiger partial charge on any atom is -0.466 e. The van der Waals surface area contributed by atoms with E-state index in [0.29, 0.717) is 5.57 Å². The number of hydrogen-bond acceptors (Lipinski definition) is 3. The Labute approximate surface area is 165 Å². The SMILES string of the molecule is C=C(C)C(=O)OC.C=Cc1ccccc1.CCCC.OCc1ccccc1. The molecule has 0 aliphatic heterocycles. The molecule has 1 N–H and O–H groups in total. The average Bonchev–Trinajstić information content (AvgIpc) is 2.75. The van der Waals surface area contributed by atoms with E-state index >= 15 is 0 Å². The highest BCUT2D eigenvalue weighted by atomic mass is 16.5. The minimum atomic E-state index is -0.347. The van der Waals surface area contributed by atoms with Crippen molar-refractivity contribution < 1.29 is 14.6 Å². The molecule has 0 aliphatic rings. The molecule has 27 heavy (non-hydrogen) atoms. The number of unbranched alkanes of at least 4 members (excludes halogenated alkanes) is 1. The fourth-order valence-electron chi connectivity index (χ4n) is 1.35. The zero-order chi connectivity index (χ0) is 20.9. The highest BCUT2D eigenvalue weighted by Crippen LogP contribution is 1.97. The van der Waals surface area contributed by atoms with Crippen LogP contribution in [-0.2, 0) is 16.1 Å². The Balaban J connectivity index is 0. The molecule has 0 heterocycles. The minimum absolute atomic E-state index is 0.140. The van der Waals surface area contributed by atoms with Crippen LogP contribution in [0.25, 0.3) is 6.08 Å². The number of hydrogen-bond donors (Lipinski definition) is 1. The van der Waals surface area contributed by atoms with Gasteiger partial charge < -0.3 is 9.84 Å². The van der Waals surface area contributed by atoms with Crippen LogP contribution in [0.1, 0.15) is 44.7 Å². The van der Waals surface area contributed by atoms with Crippen LogP contribution in [0.3, 0.4) is 0 Å². The summed E-state index contributed by atoms with van der Waals surface area (Å²) in [6.07, 6.45) is 4.47. The monoisotopic (exact) mass is 370 g/mol. The number of ether oxygens (including phenoxy) is 1. The summed E-state index contributed by atoms with van der Waals surface area (Å²) in [7, 11) is 1.33. The third-order valence-corrected chi connectivity index (χ3v) is 3.09. The lowest BCUT2D eigenvalue weighted by molar-refractivity contribution is -0.136. The number of rotatable bonds is 4. The predicted octanol–water partition coefficient (Wildman–Crippen LogP) is 6.05. The van der Waals surface area contributed by atoms with E-state index in [2.05, 4.69) is 31.7 Å². The zero-order valence-corrected chi connectivity index (χ0v) is 17.2. The Morgan fingerprint density at radius 2 is 1.44 bits per heavy atom. The van der Waals surface area contributed by atoms with Crippen molar-refractivity contribution in [2.75, 3.05) is 7.11 Å². The summed E-state index contributed by atoms with van der Waals surface area (Å²) in [5.74, 6) is -0.347. The van der Waals surface area contributed by atoms with Gasteiger partial charge >= 0.3 is 5.97 Å². The molecule has 148 valence electrons. The van der Waals surface area contributed by atoms with Crippen LogP contribution in [0, 0.1) is 0 Å². The second-order valence-corrected chi connectivity index (χ2v) is 5.53. The van der Waals surface area contributed by atoms with Crippen molar-refractivity contribution in [1.29, 1.82) is 0 Å². The molecule has 0 spiro atoms. The number of carbonyl (C=O) groups is 1. The predicted molar refractivity (Wildman–Crippen MR) is 116 cm³/mol. The second kappa shape index (κ2) is 19.7. The number of methoxy groups -OCH3 is 1. The van der Waals surface area contributed by atoms with Crippen LogP contribution in [0.2, 0.25) is 0 Å². The molecular formula is C24H34O3. The molecule has 0 saturated carbocycles. The molecule has 0 atom stereocenters. The highest BCUT2D eigenvalue weighted by molar-refractivity contribution is 5.86. The van der Waals surface area contributed by atoms with Crippen LogP contribution in [0.15, 0.2) is 79.4 Å². The van der Waals surface area contributed by atoms with Crippen molar-refractivity contribution in [3.63, 3.8) is 0 Å². The zero-order valence-electron chi connectivity index (χ0n) is 17.2. The molecule has 3 nitrogen and oxygen atoms in total. The van der Waals surface area contributed by atoms with Gasteiger partial charge in [0.15, 0.2) is 0 Å². The van der Waals surface area contributed by atoms with Gasteiger partial charge in [0.1, 0.15) is 0 Å². The van der Waals surface area contributed by atoms with E-state index in [1.807, 2.05) is 66.7 Å². The van der Waals surface area contributed by atoms with E-state index in [0.717, 1.165) is 5.56 Å². The molecule has 0 aliphatic carbocycles. The first-order valence-electron chi connectivity index (χ1n) is 9.02. The summed E-state index contributed by atoms with van der Waals surface area (Å²) in [4.78, 5) is 10.2. The molecule has 0 radical (unpaired) electrons. The van der Waals surface area contributed by atoms with Crippen LogP contribution in [0.5, 0.6) is 0 Å². The topological polar surface area (TPSA) is 46.5 Å². The van der Waals surface area contributed by atoms with Gasteiger partial charge in [-0.25, -0.2) is 4.79 Å². The molecule has 0 unspecified atom stereocenters. The van der Waals surface area contributed by atoms with Crippen LogP contribution < -0.4 is 0 Å². The van der Waals surface area contributed by atoms with Gasteiger partial charge in [0.2, 0.25) is 0 Å². The van der Waals surface area contributed by atoms with Gasteiger partial charge in [-0.2, -0.15) is 0 Å². The lowest BCUT2D eigenvalue weighted by Crippen LogP contribution is -1.98. The Bertz CT molecular complexity index is 602. The Hall–Kier alpha value is -2.65. The van der Waals surface area contributed by atoms with E-state index in [1.54, 1.807) is 6.92 Å². The van der Waals surface area contributed by atoms with Gasteiger partial charge in [-0.05, 0) is 18.1 Å². The number of esters is 1. The van der Waals surface area contributed by atoms with Crippen LogP contribution in [0.4, 0.5) is 0 Å². The molecule has 2 rings (SSSR count). The Morgan fingerprint density at radius 1 is 1.00 bits per heavy atom. The van der Waals surface area contributed by atoms with Gasteiger partial charge in [-0.15, -0.1) is 0 Å². The molecular weight excluding hydrogens is 336 g/mol. The van der Waals surface area contributed by atoms with Crippen LogP contribution >= 0.6 is 0 Å². The molecule has 0 saturated heterocycles. The van der Waals surface area contributed by atoms with Gasteiger partial charge in [-0.1, -0.05) is 107 Å². The number of benzene rings is 2. The maximum absolute atomic E-state index is 10.2. The largest absolute Gasteiger partial charge is 0.466 e. The Kier molecular flexibility index (Phi) is 19.4. The van der Waals surface area contributed by atoms with E-state index in [4.69, 9.17) is 5.11 Å². The first-order valence-corrected chi connectivity index (χ1v) is 9.02. The van der Waals surface area contributed by atoms with E-state index in [1.165, 1.54) is 25.5 Å². The summed E-state index contributed by atoms with van der Waals surface area (Å²) >= 11 is 0. The van der Waals surface area contributed by atoms with Crippen molar-refractivity contribution in [1.82, 2.24) is 0 Å². The lowest BCUT2D eigenvalue weighted by atomic mass is 10.2. The molecule has 0 bridgehead atoms. The number of aliphatic hydroxyl groups excluding tert-OH is 1. The molecule has 0 aromatic heterocycles. The summed E-state index contributed by atoms with van der Waals surface area (Å²) in [6.45, 7) is 13.1. The Morgan fingerprint density at radius 3 is 1.63 bits per heavy atom. The molecule has 2 aromatic rings. The standard InChI is InChI=1S/C8H8.C7H8O.C5H8O2.C4H10/c1-2-8-6-4-3-5-7-8;8-6-7-4-2-1-3-5-7;1-4(2)5(6)7-3;1-3-4-2/h2-7H,1H2;1-5,8H,6H2;1H2,2-3H3;3-4H2,1-2H3. The van der Waals surface area contributed by atoms with Crippen molar-refractivity contribution in [3.05, 3.63) is 90.5 Å². The normalized spacial score (nSPS) is 8.33. The van der Waals surface area contributed by atoms with Crippen LogP contribution in [-0.4, -0.2) is 18.2 Å². The van der Waals surface area contributed by atoms with E-state index in [-0.39, 0.29) is 12.6 Å². The van der Waals surface area contributed by atoms with Crippen molar-refractivity contribution in [2.24, 2.45) is 0 Å². The fraction of sp³-hybridized carbons (Fsp3) is 0.292. The third-order valence-electron chi connectivity index (χ3n) is 3.09. The van der Waals surface area contributed by atoms with E-state index < -0.39 is 0 Å². The first-order chi connectivity index (χ1) is 13.0. The lowest BCUT2D eigenvalue weighted by Gasteiger charge is -1.91. The quantitative estimate of drug-likeness (QED) is 0.526. The smallest absolute Gasteiger partial charge is 0.332 e. The van der Waals surface area contributed by atoms with Gasteiger partial charge in [0, 0.05) is 5.57 Å². The van der Waals surface area contributed by atoms with Crippen molar-refractivity contribution in [3.8, 4) is 0 Å². The fourth-order valence-corrected chi connectivity index (χ4v) is 1.35. The van der Waals surface area contributed by atoms with Gasteiger partial charge in [0.25, 0.3) is 0 Å².